The number of benzene rings is 1. The van der Waals surface area contributed by atoms with E-state index in [1.54, 1.807) is 4.90 Å². The van der Waals surface area contributed by atoms with E-state index in [2.05, 4.69) is 41.5 Å². The average Bonchev–Trinajstić information content (AvgIpc) is 2.67. The van der Waals surface area contributed by atoms with E-state index in [1.807, 2.05) is 24.3 Å². The topological polar surface area (TPSA) is 95.1 Å². The Labute approximate surface area is 172 Å². The van der Waals surface area contributed by atoms with E-state index in [4.69, 9.17) is 4.99 Å². The average molecular weight is 402 g/mol. The van der Waals surface area contributed by atoms with Crippen LogP contribution in [0.1, 0.15) is 40.0 Å². The molecular formula is C21H31N5O3. The molecule has 1 atom stereocenters. The minimum Gasteiger partial charge on any atom is -0.469 e. The summed E-state index contributed by atoms with van der Waals surface area (Å²) in [5, 5.41) is 9.99. The lowest BCUT2D eigenvalue weighted by Crippen LogP contribution is -2.63. The fourth-order valence-electron chi connectivity index (χ4n) is 3.75. The molecule has 1 saturated heterocycles. The number of likely N-dealkylation sites (tertiary alicyclic amines) is 1. The van der Waals surface area contributed by atoms with Crippen molar-refractivity contribution in [2.24, 2.45) is 4.99 Å². The van der Waals surface area contributed by atoms with E-state index in [0.717, 1.165) is 30.1 Å². The van der Waals surface area contributed by atoms with Gasteiger partial charge in [-0.25, -0.2) is 4.79 Å². The lowest BCUT2D eigenvalue weighted by atomic mass is 9.85. The molecule has 3 rings (SSSR count). The quantitative estimate of drug-likeness (QED) is 0.677. The summed E-state index contributed by atoms with van der Waals surface area (Å²) in [5.41, 5.74) is 1.27. The molecule has 2 amide bonds. The molecular weight excluding hydrogens is 370 g/mol. The predicted molar refractivity (Wildman–Crippen MR) is 114 cm³/mol. The Kier molecular flexibility index (Phi) is 6.00. The number of amides is 2. The van der Waals surface area contributed by atoms with E-state index in [-0.39, 0.29) is 30.5 Å². The Bertz CT molecular complexity index is 802. The highest BCUT2D eigenvalue weighted by atomic mass is 16.5. The third kappa shape index (κ3) is 4.99. The Morgan fingerprint density at radius 2 is 2.00 bits per heavy atom. The molecule has 1 aromatic carbocycles. The van der Waals surface area contributed by atoms with Crippen molar-refractivity contribution in [2.75, 3.05) is 37.4 Å². The van der Waals surface area contributed by atoms with Gasteiger partial charge in [-0.15, -0.1) is 0 Å². The van der Waals surface area contributed by atoms with Gasteiger partial charge in [-0.3, -0.25) is 9.79 Å². The molecule has 1 aromatic rings. The van der Waals surface area contributed by atoms with Crippen LogP contribution in [0.2, 0.25) is 0 Å². The van der Waals surface area contributed by atoms with Gasteiger partial charge in [0.15, 0.2) is 0 Å². The summed E-state index contributed by atoms with van der Waals surface area (Å²) >= 11 is 0. The molecule has 1 spiro atoms. The highest BCUT2D eigenvalue weighted by Crippen LogP contribution is 2.36. The lowest BCUT2D eigenvalue weighted by molar-refractivity contribution is -0.140. The van der Waals surface area contributed by atoms with E-state index < -0.39 is 5.54 Å². The fourth-order valence-corrected chi connectivity index (χ4v) is 3.75. The van der Waals surface area contributed by atoms with E-state index in [1.165, 1.54) is 7.11 Å². The molecule has 0 radical (unpaired) electrons. The molecule has 0 aliphatic carbocycles. The Morgan fingerprint density at radius 3 is 2.69 bits per heavy atom. The monoisotopic (exact) mass is 401 g/mol. The molecule has 0 bridgehead atoms. The number of carbonyl (C=O) groups excluding carboxylic acids is 2. The molecule has 2 heterocycles. The van der Waals surface area contributed by atoms with Crippen molar-refractivity contribution in [3.05, 3.63) is 24.3 Å². The Morgan fingerprint density at radius 1 is 1.28 bits per heavy atom. The SMILES string of the molecule is COC(=O)CCNC(=O)N1CCCC2(C1)Nc1ccccc1NC2=NC(C)(C)C. The number of aliphatic imine (C=N–C) groups is 1. The molecule has 3 N–H and O–H groups in total. The number of fused-ring (bicyclic) bond motifs is 1. The van der Waals surface area contributed by atoms with Gasteiger partial charge in [0.05, 0.1) is 37.0 Å². The zero-order chi connectivity index (χ0) is 21.1. The van der Waals surface area contributed by atoms with E-state index >= 15 is 0 Å². The van der Waals surface area contributed by atoms with Gasteiger partial charge in [0.2, 0.25) is 0 Å². The van der Waals surface area contributed by atoms with Crippen LogP contribution in [0, 0.1) is 0 Å². The van der Waals surface area contributed by atoms with Crippen LogP contribution in [0.5, 0.6) is 0 Å². The summed E-state index contributed by atoms with van der Waals surface area (Å²) in [6.07, 6.45) is 1.88. The van der Waals surface area contributed by atoms with Gasteiger partial charge in [0.1, 0.15) is 11.4 Å². The number of nitrogens with zero attached hydrogens (tertiary/aromatic N) is 2. The van der Waals surface area contributed by atoms with Crippen LogP contribution in [0.4, 0.5) is 16.2 Å². The number of hydrogen-bond donors (Lipinski definition) is 3. The molecule has 1 unspecified atom stereocenters. The maximum absolute atomic E-state index is 12.7. The van der Waals surface area contributed by atoms with Gasteiger partial charge in [0, 0.05) is 13.1 Å². The summed E-state index contributed by atoms with van der Waals surface area (Å²) < 4.78 is 4.62. The Balaban J connectivity index is 1.81. The molecule has 29 heavy (non-hydrogen) atoms. The summed E-state index contributed by atoms with van der Waals surface area (Å²) in [6, 6.07) is 7.86. The second kappa shape index (κ2) is 8.31. The molecule has 1 fully saturated rings. The summed E-state index contributed by atoms with van der Waals surface area (Å²) in [5.74, 6) is 0.519. The van der Waals surface area contributed by atoms with Crippen molar-refractivity contribution >= 4 is 29.2 Å². The number of carbonyl (C=O) groups is 2. The smallest absolute Gasteiger partial charge is 0.317 e. The third-order valence-corrected chi connectivity index (χ3v) is 5.07. The van der Waals surface area contributed by atoms with Gasteiger partial charge >= 0.3 is 12.0 Å². The van der Waals surface area contributed by atoms with Crippen LogP contribution in [-0.4, -0.2) is 60.6 Å². The number of methoxy groups -OCH3 is 1. The zero-order valence-corrected chi connectivity index (χ0v) is 17.7. The minimum atomic E-state index is -0.473. The Hall–Kier alpha value is -2.77. The van der Waals surface area contributed by atoms with Gasteiger partial charge in [-0.1, -0.05) is 12.1 Å². The van der Waals surface area contributed by atoms with Gasteiger partial charge in [-0.05, 0) is 45.7 Å². The number of anilines is 2. The lowest BCUT2D eigenvalue weighted by Gasteiger charge is -2.47. The normalized spacial score (nSPS) is 22.5. The standard InChI is InChI=1S/C21H31N5O3/c1-20(2,3)25-18-21(24-16-9-6-5-8-15(16)23-18)11-7-13-26(14-21)19(28)22-12-10-17(27)29-4/h5-6,8-9,24H,7,10-14H2,1-4H3,(H,22,28)(H,23,25). The zero-order valence-electron chi connectivity index (χ0n) is 17.7. The van der Waals surface area contributed by atoms with Crippen molar-refractivity contribution in [1.29, 1.82) is 0 Å². The van der Waals surface area contributed by atoms with Crippen molar-refractivity contribution < 1.29 is 14.3 Å². The molecule has 158 valence electrons. The van der Waals surface area contributed by atoms with E-state index in [9.17, 15) is 9.59 Å². The molecule has 2 aliphatic rings. The number of nitrogens with one attached hydrogen (secondary N) is 3. The molecule has 0 aromatic heterocycles. The molecule has 8 heteroatoms. The van der Waals surface area contributed by atoms with Crippen LogP contribution >= 0.6 is 0 Å². The number of para-hydroxylation sites is 2. The molecule has 2 aliphatic heterocycles. The van der Waals surface area contributed by atoms with Crippen molar-refractivity contribution in [3.63, 3.8) is 0 Å². The predicted octanol–water partition coefficient (Wildman–Crippen LogP) is 2.83. The molecule has 8 nitrogen and oxygen atoms in total. The summed E-state index contributed by atoms with van der Waals surface area (Å²) in [6.45, 7) is 7.61. The largest absolute Gasteiger partial charge is 0.469 e. The van der Waals surface area contributed by atoms with Crippen LogP contribution < -0.4 is 16.0 Å². The number of urea groups is 1. The first-order chi connectivity index (χ1) is 13.7. The summed E-state index contributed by atoms with van der Waals surface area (Å²) in [4.78, 5) is 30.7. The van der Waals surface area contributed by atoms with Crippen LogP contribution in [-0.2, 0) is 9.53 Å². The second-order valence-electron chi connectivity index (χ2n) is 8.59. The number of rotatable bonds is 3. The number of piperidine rings is 1. The fraction of sp³-hybridized carbons (Fsp3) is 0.571. The maximum Gasteiger partial charge on any atom is 0.317 e. The number of ether oxygens (including phenoxy) is 1. The first-order valence-electron chi connectivity index (χ1n) is 10.1. The summed E-state index contributed by atoms with van der Waals surface area (Å²) in [7, 11) is 1.34. The first-order valence-corrected chi connectivity index (χ1v) is 10.1. The highest BCUT2D eigenvalue weighted by Gasteiger charge is 2.45. The van der Waals surface area contributed by atoms with E-state index in [0.29, 0.717) is 13.1 Å². The number of esters is 1. The van der Waals surface area contributed by atoms with Crippen LogP contribution in [0.15, 0.2) is 29.3 Å². The first kappa shape index (κ1) is 21.0. The number of hydrogen-bond acceptors (Lipinski definition) is 5. The molecule has 0 saturated carbocycles. The van der Waals surface area contributed by atoms with Gasteiger partial charge in [-0.2, -0.15) is 0 Å². The maximum atomic E-state index is 12.7. The highest BCUT2D eigenvalue weighted by molar-refractivity contribution is 6.10. The third-order valence-electron chi connectivity index (χ3n) is 5.07. The minimum absolute atomic E-state index is 0.158. The van der Waals surface area contributed by atoms with Crippen molar-refractivity contribution in [3.8, 4) is 0 Å². The van der Waals surface area contributed by atoms with Crippen molar-refractivity contribution in [1.82, 2.24) is 10.2 Å². The van der Waals surface area contributed by atoms with Gasteiger partial charge < -0.3 is 25.6 Å². The van der Waals surface area contributed by atoms with Gasteiger partial charge in [0.25, 0.3) is 0 Å². The second-order valence-corrected chi connectivity index (χ2v) is 8.59. The van der Waals surface area contributed by atoms with Crippen LogP contribution in [0.25, 0.3) is 0 Å². The van der Waals surface area contributed by atoms with Crippen LogP contribution in [0.3, 0.4) is 0 Å². The van der Waals surface area contributed by atoms with Crippen molar-refractivity contribution in [2.45, 2.75) is 51.1 Å². The number of amidine groups is 1.